The Hall–Kier alpha value is 0.560. The van der Waals surface area contributed by atoms with Gasteiger partial charge in [-0.3, -0.25) is 0 Å². The first kappa shape index (κ1) is 10.6. The van der Waals surface area contributed by atoms with Crippen LogP contribution in [0.1, 0.15) is 13.3 Å². The van der Waals surface area contributed by atoms with E-state index in [9.17, 15) is 5.11 Å². The molecule has 1 saturated heterocycles. The fourth-order valence-electron chi connectivity index (χ4n) is 1.21. The van der Waals surface area contributed by atoms with Crippen LogP contribution in [0.2, 0.25) is 0 Å². The largest absolute Gasteiger partial charge is 0.391 e. The van der Waals surface area contributed by atoms with Gasteiger partial charge in [-0.1, -0.05) is 0 Å². The lowest BCUT2D eigenvalue weighted by Crippen LogP contribution is -2.19. The van der Waals surface area contributed by atoms with Gasteiger partial charge in [-0.25, -0.2) is 0 Å². The van der Waals surface area contributed by atoms with Gasteiger partial charge in [0.2, 0.25) is 0 Å². The number of rotatable bonds is 4. The van der Waals surface area contributed by atoms with Crippen molar-refractivity contribution in [3.63, 3.8) is 0 Å². The van der Waals surface area contributed by atoms with E-state index in [2.05, 4.69) is 6.92 Å². The Morgan fingerprint density at radius 1 is 1.75 bits per heavy atom. The van der Waals surface area contributed by atoms with Crippen LogP contribution < -0.4 is 0 Å². The zero-order chi connectivity index (χ0) is 8.97. The Morgan fingerprint density at radius 2 is 2.50 bits per heavy atom. The maximum absolute atomic E-state index is 9.21. The van der Waals surface area contributed by atoms with Crippen molar-refractivity contribution >= 4 is 23.4 Å². The van der Waals surface area contributed by atoms with Crippen molar-refractivity contribution in [3.8, 4) is 0 Å². The zero-order valence-corrected chi connectivity index (χ0v) is 8.77. The van der Waals surface area contributed by atoms with E-state index in [0.29, 0.717) is 17.2 Å². The van der Waals surface area contributed by atoms with Gasteiger partial charge in [-0.2, -0.15) is 11.8 Å². The molecule has 0 amide bonds. The van der Waals surface area contributed by atoms with Crippen LogP contribution in [0.15, 0.2) is 0 Å². The highest BCUT2D eigenvalue weighted by molar-refractivity contribution is 8.00. The van der Waals surface area contributed by atoms with Gasteiger partial charge in [-0.05, 0) is 13.3 Å². The molecule has 1 fully saturated rings. The lowest BCUT2D eigenvalue weighted by atomic mass is 10.3. The molecule has 3 atom stereocenters. The molecule has 1 rings (SSSR count). The molecule has 0 bridgehead atoms. The molecule has 3 unspecified atom stereocenters. The quantitative estimate of drug-likeness (QED) is 0.714. The number of halogens is 1. The summed E-state index contributed by atoms with van der Waals surface area (Å²) < 4.78 is 5.40. The first-order valence-corrected chi connectivity index (χ1v) is 5.79. The van der Waals surface area contributed by atoms with Crippen molar-refractivity contribution in [2.24, 2.45) is 0 Å². The maximum Gasteiger partial charge on any atom is 0.0765 e. The van der Waals surface area contributed by atoms with Gasteiger partial charge in [-0.15, -0.1) is 11.6 Å². The molecule has 0 radical (unpaired) electrons. The molecule has 1 heterocycles. The Labute approximate surface area is 82.6 Å². The Bertz CT molecular complexity index is 134. The summed E-state index contributed by atoms with van der Waals surface area (Å²) in [7, 11) is 0. The molecule has 12 heavy (non-hydrogen) atoms. The van der Waals surface area contributed by atoms with Gasteiger partial charge >= 0.3 is 0 Å². The highest BCUT2D eigenvalue weighted by Gasteiger charge is 2.24. The lowest BCUT2D eigenvalue weighted by Gasteiger charge is -2.14. The number of aliphatic hydroxyl groups is 1. The van der Waals surface area contributed by atoms with E-state index in [0.717, 1.165) is 18.8 Å². The summed E-state index contributed by atoms with van der Waals surface area (Å²) in [6, 6.07) is 0. The van der Waals surface area contributed by atoms with E-state index < -0.39 is 0 Å². The Balaban J connectivity index is 2.13. The molecule has 0 aromatic carbocycles. The SMILES string of the molecule is CC1OCCC1SCC(O)CCl. The Kier molecular flexibility index (Phi) is 4.72. The number of aliphatic hydroxyl groups excluding tert-OH is 1. The van der Waals surface area contributed by atoms with Crippen molar-refractivity contribution in [2.45, 2.75) is 30.8 Å². The summed E-state index contributed by atoms with van der Waals surface area (Å²) in [5.74, 6) is 1.05. The topological polar surface area (TPSA) is 29.5 Å². The molecular formula is C8H15ClO2S. The molecule has 0 spiro atoms. The van der Waals surface area contributed by atoms with Crippen LogP contribution in [-0.4, -0.2) is 40.8 Å². The molecule has 1 aliphatic rings. The molecule has 0 aliphatic carbocycles. The Morgan fingerprint density at radius 3 is 3.00 bits per heavy atom. The number of ether oxygens (including phenoxy) is 1. The summed E-state index contributed by atoms with van der Waals surface area (Å²) in [4.78, 5) is 0. The molecule has 1 N–H and O–H groups in total. The molecule has 4 heteroatoms. The maximum atomic E-state index is 9.21. The second-order valence-corrected chi connectivity index (χ2v) is 4.63. The summed E-state index contributed by atoms with van der Waals surface area (Å²) in [5.41, 5.74) is 0. The third-order valence-electron chi connectivity index (χ3n) is 1.99. The van der Waals surface area contributed by atoms with E-state index in [4.69, 9.17) is 16.3 Å². The molecule has 1 aliphatic heterocycles. The third-order valence-corrected chi connectivity index (χ3v) is 3.97. The van der Waals surface area contributed by atoms with E-state index >= 15 is 0 Å². The normalized spacial score (nSPS) is 32.2. The number of alkyl halides is 1. The standard InChI is InChI=1S/C8H15ClO2S/c1-6-8(2-3-11-6)12-5-7(10)4-9/h6-8,10H,2-5H2,1H3. The van der Waals surface area contributed by atoms with Gasteiger partial charge in [0.1, 0.15) is 0 Å². The molecular weight excluding hydrogens is 196 g/mol. The summed E-state index contributed by atoms with van der Waals surface area (Å²) in [6.07, 6.45) is 1.06. The van der Waals surface area contributed by atoms with Crippen LogP contribution in [0.3, 0.4) is 0 Å². The van der Waals surface area contributed by atoms with E-state index in [-0.39, 0.29) is 6.10 Å². The highest BCUT2D eigenvalue weighted by Crippen LogP contribution is 2.26. The van der Waals surface area contributed by atoms with Crippen molar-refractivity contribution in [1.82, 2.24) is 0 Å². The van der Waals surface area contributed by atoms with Crippen LogP contribution in [0, 0.1) is 0 Å². The number of hydrogen-bond acceptors (Lipinski definition) is 3. The molecule has 2 nitrogen and oxygen atoms in total. The van der Waals surface area contributed by atoms with Gasteiger partial charge in [0.25, 0.3) is 0 Å². The zero-order valence-electron chi connectivity index (χ0n) is 7.20. The minimum absolute atomic E-state index is 0.328. The smallest absolute Gasteiger partial charge is 0.0765 e. The number of thioether (sulfide) groups is 1. The van der Waals surface area contributed by atoms with Gasteiger partial charge in [0.15, 0.2) is 0 Å². The van der Waals surface area contributed by atoms with Gasteiger partial charge in [0.05, 0.1) is 12.2 Å². The molecule has 0 aromatic heterocycles. The van der Waals surface area contributed by atoms with Gasteiger partial charge in [0, 0.05) is 23.5 Å². The van der Waals surface area contributed by atoms with Crippen molar-refractivity contribution in [2.75, 3.05) is 18.2 Å². The average Bonchev–Trinajstić information content (AvgIpc) is 2.47. The van der Waals surface area contributed by atoms with Crippen LogP contribution in [0.5, 0.6) is 0 Å². The monoisotopic (exact) mass is 210 g/mol. The molecule has 0 aromatic rings. The average molecular weight is 211 g/mol. The predicted molar refractivity (Wildman–Crippen MR) is 53.0 cm³/mol. The summed E-state index contributed by atoms with van der Waals surface area (Å²) >= 11 is 7.24. The minimum atomic E-state index is -0.371. The number of hydrogen-bond donors (Lipinski definition) is 1. The van der Waals surface area contributed by atoms with Gasteiger partial charge < -0.3 is 9.84 Å². The summed E-state index contributed by atoms with van der Waals surface area (Å²) in [5, 5.41) is 9.76. The lowest BCUT2D eigenvalue weighted by molar-refractivity contribution is 0.127. The fourth-order valence-corrected chi connectivity index (χ4v) is 2.65. The second kappa shape index (κ2) is 5.32. The molecule has 0 saturated carbocycles. The van der Waals surface area contributed by atoms with Crippen LogP contribution in [0.4, 0.5) is 0 Å². The summed E-state index contributed by atoms with van der Waals surface area (Å²) in [6.45, 7) is 2.94. The third kappa shape index (κ3) is 3.13. The minimum Gasteiger partial charge on any atom is -0.391 e. The first-order chi connectivity index (χ1) is 5.74. The van der Waals surface area contributed by atoms with E-state index in [1.165, 1.54) is 0 Å². The fraction of sp³-hybridized carbons (Fsp3) is 1.00. The van der Waals surface area contributed by atoms with E-state index in [1.54, 1.807) is 11.8 Å². The second-order valence-electron chi connectivity index (χ2n) is 3.04. The van der Waals surface area contributed by atoms with Crippen molar-refractivity contribution in [1.29, 1.82) is 0 Å². The van der Waals surface area contributed by atoms with Crippen molar-refractivity contribution < 1.29 is 9.84 Å². The molecule has 72 valence electrons. The predicted octanol–water partition coefficient (Wildman–Crippen LogP) is 1.50. The highest BCUT2D eigenvalue weighted by atomic mass is 35.5. The van der Waals surface area contributed by atoms with Crippen LogP contribution >= 0.6 is 23.4 Å². The van der Waals surface area contributed by atoms with Crippen molar-refractivity contribution in [3.05, 3.63) is 0 Å². The van der Waals surface area contributed by atoms with Crippen LogP contribution in [0.25, 0.3) is 0 Å². The van der Waals surface area contributed by atoms with Crippen LogP contribution in [-0.2, 0) is 4.74 Å². The first-order valence-electron chi connectivity index (χ1n) is 4.21. The van der Waals surface area contributed by atoms with E-state index in [1.807, 2.05) is 0 Å².